The van der Waals surface area contributed by atoms with E-state index in [1.807, 2.05) is 28.8 Å². The summed E-state index contributed by atoms with van der Waals surface area (Å²) in [6.45, 7) is 0.540. The summed E-state index contributed by atoms with van der Waals surface area (Å²) in [4.78, 5) is 19.1. The minimum absolute atomic E-state index is 0.0967. The Bertz CT molecular complexity index is 717. The third-order valence-electron chi connectivity index (χ3n) is 2.60. The summed E-state index contributed by atoms with van der Waals surface area (Å²) >= 11 is 1.34. The van der Waals surface area contributed by atoms with Gasteiger partial charge in [0.25, 0.3) is 0 Å². The van der Waals surface area contributed by atoms with Gasteiger partial charge in [-0.25, -0.2) is 14.8 Å². The van der Waals surface area contributed by atoms with Crippen molar-refractivity contribution in [1.82, 2.24) is 14.5 Å². The van der Waals surface area contributed by atoms with Gasteiger partial charge in [0.1, 0.15) is 5.01 Å². The molecule has 6 heteroatoms. The van der Waals surface area contributed by atoms with E-state index in [9.17, 15) is 4.79 Å². The molecular formula is C12H9N3O2S. The van der Waals surface area contributed by atoms with Gasteiger partial charge in [-0.05, 0) is 12.1 Å². The lowest BCUT2D eigenvalue weighted by molar-refractivity contribution is 0.0691. The lowest BCUT2D eigenvalue weighted by atomic mass is 10.3. The van der Waals surface area contributed by atoms with Gasteiger partial charge < -0.3 is 9.67 Å². The van der Waals surface area contributed by atoms with Crippen molar-refractivity contribution in [2.24, 2.45) is 0 Å². The summed E-state index contributed by atoms with van der Waals surface area (Å²) in [5, 5.41) is 11.1. The van der Waals surface area contributed by atoms with Crippen molar-refractivity contribution < 1.29 is 9.90 Å². The Morgan fingerprint density at radius 3 is 3.00 bits per heavy atom. The molecule has 0 saturated heterocycles. The van der Waals surface area contributed by atoms with Crippen LogP contribution in [0.25, 0.3) is 11.0 Å². The second kappa shape index (κ2) is 4.23. The number of carboxylic acid groups (broad SMARTS) is 1. The number of benzene rings is 1. The van der Waals surface area contributed by atoms with Crippen LogP contribution in [0.5, 0.6) is 0 Å². The van der Waals surface area contributed by atoms with Gasteiger partial charge in [0, 0.05) is 5.38 Å². The second-order valence-corrected chi connectivity index (χ2v) is 4.74. The topological polar surface area (TPSA) is 68.0 Å². The average molecular weight is 259 g/mol. The SMILES string of the molecule is O=C(O)c1csc(Cn2cnc3ccccc32)n1. The molecule has 0 bridgehead atoms. The highest BCUT2D eigenvalue weighted by Gasteiger charge is 2.10. The number of carbonyl (C=O) groups is 1. The molecule has 0 radical (unpaired) electrons. The molecule has 5 nitrogen and oxygen atoms in total. The molecule has 2 heterocycles. The third kappa shape index (κ3) is 1.86. The highest BCUT2D eigenvalue weighted by molar-refractivity contribution is 7.09. The van der Waals surface area contributed by atoms with E-state index in [4.69, 9.17) is 5.11 Å². The summed E-state index contributed by atoms with van der Waals surface area (Å²) in [5.41, 5.74) is 2.04. The summed E-state index contributed by atoms with van der Waals surface area (Å²) < 4.78 is 1.96. The highest BCUT2D eigenvalue weighted by Crippen LogP contribution is 2.16. The molecule has 18 heavy (non-hydrogen) atoms. The molecule has 3 rings (SSSR count). The van der Waals surface area contributed by atoms with Crippen LogP contribution in [0.15, 0.2) is 36.0 Å². The van der Waals surface area contributed by atoms with Crippen molar-refractivity contribution >= 4 is 28.3 Å². The highest BCUT2D eigenvalue weighted by atomic mass is 32.1. The fraction of sp³-hybridized carbons (Fsp3) is 0.0833. The van der Waals surface area contributed by atoms with Crippen molar-refractivity contribution in [1.29, 1.82) is 0 Å². The number of para-hydroxylation sites is 2. The Morgan fingerprint density at radius 2 is 2.22 bits per heavy atom. The van der Waals surface area contributed by atoms with E-state index in [-0.39, 0.29) is 5.69 Å². The molecule has 0 unspecified atom stereocenters. The number of fused-ring (bicyclic) bond motifs is 1. The minimum Gasteiger partial charge on any atom is -0.476 e. The molecule has 90 valence electrons. The molecule has 3 aromatic rings. The summed E-state index contributed by atoms with van der Waals surface area (Å²) in [6.07, 6.45) is 1.74. The Labute approximate surface area is 106 Å². The molecular weight excluding hydrogens is 250 g/mol. The molecule has 0 spiro atoms. The van der Waals surface area contributed by atoms with Gasteiger partial charge in [-0.15, -0.1) is 11.3 Å². The van der Waals surface area contributed by atoms with Crippen molar-refractivity contribution in [2.45, 2.75) is 6.54 Å². The van der Waals surface area contributed by atoms with Crippen molar-refractivity contribution in [2.75, 3.05) is 0 Å². The van der Waals surface area contributed by atoms with Gasteiger partial charge in [-0.1, -0.05) is 12.1 Å². The van der Waals surface area contributed by atoms with E-state index in [0.717, 1.165) is 16.0 Å². The maximum Gasteiger partial charge on any atom is 0.355 e. The van der Waals surface area contributed by atoms with E-state index in [2.05, 4.69) is 9.97 Å². The number of imidazole rings is 1. The summed E-state index contributed by atoms with van der Waals surface area (Å²) in [5.74, 6) is -0.993. The van der Waals surface area contributed by atoms with Gasteiger partial charge in [-0.3, -0.25) is 0 Å². The molecule has 0 aliphatic heterocycles. The van der Waals surface area contributed by atoms with Crippen LogP contribution < -0.4 is 0 Å². The molecule has 0 fully saturated rings. The van der Waals surface area contributed by atoms with E-state index < -0.39 is 5.97 Å². The number of aromatic nitrogens is 3. The first-order valence-corrected chi connectivity index (χ1v) is 6.19. The number of aromatic carboxylic acids is 1. The Morgan fingerprint density at radius 1 is 1.39 bits per heavy atom. The van der Waals surface area contributed by atoms with E-state index in [1.54, 1.807) is 11.7 Å². The molecule has 2 aromatic heterocycles. The maximum atomic E-state index is 10.8. The second-order valence-electron chi connectivity index (χ2n) is 3.79. The zero-order valence-electron chi connectivity index (χ0n) is 9.28. The number of nitrogens with zero attached hydrogens (tertiary/aromatic N) is 3. The van der Waals surface area contributed by atoms with Crippen molar-refractivity contribution in [3.05, 3.63) is 46.7 Å². The molecule has 0 atom stereocenters. The molecule has 1 N–H and O–H groups in total. The first-order valence-electron chi connectivity index (χ1n) is 5.31. The van der Waals surface area contributed by atoms with E-state index >= 15 is 0 Å². The molecule has 0 amide bonds. The van der Waals surface area contributed by atoms with Crippen LogP contribution in [0.2, 0.25) is 0 Å². The normalized spacial score (nSPS) is 10.9. The standard InChI is InChI=1S/C12H9N3O2S/c16-12(17)9-6-18-11(14-9)5-15-7-13-8-3-1-2-4-10(8)15/h1-4,6-7H,5H2,(H,16,17). The van der Waals surface area contributed by atoms with Gasteiger partial charge in [0.15, 0.2) is 5.69 Å². The number of thiazole rings is 1. The van der Waals surface area contributed by atoms with E-state index in [0.29, 0.717) is 6.54 Å². The Balaban J connectivity index is 1.93. The summed E-state index contributed by atoms with van der Waals surface area (Å²) in [6, 6.07) is 7.81. The fourth-order valence-electron chi connectivity index (χ4n) is 1.76. The lowest BCUT2D eigenvalue weighted by Gasteiger charge is -2.00. The average Bonchev–Trinajstić information content (AvgIpc) is 2.98. The monoisotopic (exact) mass is 259 g/mol. The number of hydrogen-bond acceptors (Lipinski definition) is 4. The number of rotatable bonds is 3. The molecule has 0 aliphatic carbocycles. The van der Waals surface area contributed by atoms with Gasteiger partial charge >= 0.3 is 5.97 Å². The lowest BCUT2D eigenvalue weighted by Crippen LogP contribution is -2.00. The van der Waals surface area contributed by atoms with Gasteiger partial charge in [-0.2, -0.15) is 0 Å². The quantitative estimate of drug-likeness (QED) is 0.783. The van der Waals surface area contributed by atoms with Crippen LogP contribution >= 0.6 is 11.3 Å². The number of carboxylic acids is 1. The minimum atomic E-state index is -0.993. The van der Waals surface area contributed by atoms with Crippen molar-refractivity contribution in [3.63, 3.8) is 0 Å². The molecule has 0 saturated carbocycles. The largest absolute Gasteiger partial charge is 0.476 e. The Hall–Kier alpha value is -2.21. The summed E-state index contributed by atoms with van der Waals surface area (Å²) in [7, 11) is 0. The first kappa shape index (κ1) is 10.9. The van der Waals surface area contributed by atoms with Gasteiger partial charge in [0.05, 0.1) is 23.9 Å². The molecule has 0 aliphatic rings. The zero-order chi connectivity index (χ0) is 12.5. The smallest absolute Gasteiger partial charge is 0.355 e. The third-order valence-corrected chi connectivity index (χ3v) is 3.44. The van der Waals surface area contributed by atoms with Crippen molar-refractivity contribution in [3.8, 4) is 0 Å². The van der Waals surface area contributed by atoms with Crippen LogP contribution in [0, 0.1) is 0 Å². The van der Waals surface area contributed by atoms with Crippen LogP contribution in [0.3, 0.4) is 0 Å². The van der Waals surface area contributed by atoms with Crippen LogP contribution in [0.4, 0.5) is 0 Å². The van der Waals surface area contributed by atoms with Gasteiger partial charge in [0.2, 0.25) is 0 Å². The zero-order valence-corrected chi connectivity index (χ0v) is 10.1. The first-order chi connectivity index (χ1) is 8.74. The van der Waals surface area contributed by atoms with Crippen LogP contribution in [-0.4, -0.2) is 25.6 Å². The maximum absolute atomic E-state index is 10.8. The fourth-order valence-corrected chi connectivity index (χ4v) is 2.53. The Kier molecular flexibility index (Phi) is 2.56. The van der Waals surface area contributed by atoms with E-state index in [1.165, 1.54) is 11.3 Å². The predicted molar refractivity (Wildman–Crippen MR) is 67.9 cm³/mol. The number of hydrogen-bond donors (Lipinski definition) is 1. The molecule has 1 aromatic carbocycles. The predicted octanol–water partition coefficient (Wildman–Crippen LogP) is 2.24. The van der Waals surface area contributed by atoms with Crippen LogP contribution in [-0.2, 0) is 6.54 Å². The van der Waals surface area contributed by atoms with Crippen LogP contribution in [0.1, 0.15) is 15.5 Å².